The van der Waals surface area contributed by atoms with Crippen LogP contribution in [0.2, 0.25) is 0 Å². The van der Waals surface area contributed by atoms with E-state index in [1.807, 2.05) is 29.2 Å². The van der Waals surface area contributed by atoms with Gasteiger partial charge in [-0.15, -0.1) is 0 Å². The van der Waals surface area contributed by atoms with Gasteiger partial charge >= 0.3 is 0 Å². The summed E-state index contributed by atoms with van der Waals surface area (Å²) in [4.78, 5) is 25.1. The number of methoxy groups -OCH3 is 1. The molecule has 1 N–H and O–H groups in total. The van der Waals surface area contributed by atoms with Crippen LogP contribution in [0.3, 0.4) is 0 Å². The number of anilines is 1. The zero-order valence-electron chi connectivity index (χ0n) is 14.1. The van der Waals surface area contributed by atoms with Crippen molar-refractivity contribution in [3.63, 3.8) is 0 Å². The largest absolute Gasteiger partial charge is 0.385 e. The topological polar surface area (TPSA) is 61.5 Å². The summed E-state index contributed by atoms with van der Waals surface area (Å²) in [5.41, 5.74) is 1.92. The van der Waals surface area contributed by atoms with Crippen molar-refractivity contribution in [3.05, 3.63) is 24.3 Å². The van der Waals surface area contributed by atoms with E-state index in [0.717, 1.165) is 62.4 Å². The summed E-state index contributed by atoms with van der Waals surface area (Å²) in [7, 11) is 1.70. The quantitative estimate of drug-likeness (QED) is 0.912. The van der Waals surface area contributed by atoms with Crippen LogP contribution in [0.25, 0.3) is 11.0 Å². The van der Waals surface area contributed by atoms with Crippen LogP contribution in [0.1, 0.15) is 19.3 Å². The third-order valence-electron chi connectivity index (χ3n) is 5.34. The van der Waals surface area contributed by atoms with Crippen molar-refractivity contribution in [2.75, 3.05) is 44.8 Å². The number of nitrogens with one attached hydrogen (secondary N) is 1. The first kappa shape index (κ1) is 15.4. The zero-order valence-corrected chi connectivity index (χ0v) is 14.1. The summed E-state index contributed by atoms with van der Waals surface area (Å²) >= 11 is 0. The van der Waals surface area contributed by atoms with E-state index in [-0.39, 0.29) is 5.41 Å². The van der Waals surface area contributed by atoms with Gasteiger partial charge in [0.15, 0.2) is 0 Å². The summed E-state index contributed by atoms with van der Waals surface area (Å²) in [6.07, 6.45) is 2.88. The molecule has 2 fully saturated rings. The standard InChI is InChI=1S/C18H24N4O2/c1-24-13-8-18(6-7-18)16(23)21-9-11-22(12-10-21)17-19-14-4-2-3-5-15(14)20-17/h2-5H,6-13H2,1H3,(H,19,20). The molecule has 1 aromatic heterocycles. The monoisotopic (exact) mass is 328 g/mol. The van der Waals surface area contributed by atoms with Gasteiger partial charge < -0.3 is 19.5 Å². The molecule has 0 bridgehead atoms. The Kier molecular flexibility index (Phi) is 3.92. The number of benzene rings is 1. The van der Waals surface area contributed by atoms with Gasteiger partial charge in [0.05, 0.1) is 16.4 Å². The molecule has 0 atom stereocenters. The first-order valence-corrected chi connectivity index (χ1v) is 8.70. The van der Waals surface area contributed by atoms with E-state index in [2.05, 4.69) is 14.9 Å². The fourth-order valence-electron chi connectivity index (χ4n) is 3.56. The molecule has 4 rings (SSSR count). The lowest BCUT2D eigenvalue weighted by molar-refractivity contribution is -0.138. The van der Waals surface area contributed by atoms with Gasteiger partial charge in [0, 0.05) is 39.9 Å². The van der Waals surface area contributed by atoms with Gasteiger partial charge in [-0.25, -0.2) is 4.98 Å². The smallest absolute Gasteiger partial charge is 0.228 e. The lowest BCUT2D eigenvalue weighted by Crippen LogP contribution is -2.51. The highest BCUT2D eigenvalue weighted by Crippen LogP contribution is 2.50. The number of piperazine rings is 1. The number of fused-ring (bicyclic) bond motifs is 1. The molecular formula is C18H24N4O2. The molecule has 1 aliphatic heterocycles. The van der Waals surface area contributed by atoms with Crippen molar-refractivity contribution >= 4 is 22.9 Å². The first-order valence-electron chi connectivity index (χ1n) is 8.70. The number of carbonyl (C=O) groups excluding carboxylic acids is 1. The van der Waals surface area contributed by atoms with Crippen LogP contribution in [0, 0.1) is 5.41 Å². The predicted octanol–water partition coefficient (Wildman–Crippen LogP) is 2.03. The molecule has 1 amide bonds. The third-order valence-corrected chi connectivity index (χ3v) is 5.34. The SMILES string of the molecule is COCCC1(C(=O)N2CCN(c3nc4ccccc4[nH]3)CC2)CC1. The number of aromatic amines is 1. The minimum Gasteiger partial charge on any atom is -0.385 e. The zero-order chi connectivity index (χ0) is 16.6. The summed E-state index contributed by atoms with van der Waals surface area (Å²) in [6.45, 7) is 3.86. The summed E-state index contributed by atoms with van der Waals surface area (Å²) in [5.74, 6) is 1.23. The van der Waals surface area contributed by atoms with Crippen LogP contribution in [0.5, 0.6) is 0 Å². The highest BCUT2D eigenvalue weighted by molar-refractivity contribution is 5.85. The maximum Gasteiger partial charge on any atom is 0.228 e. The number of rotatable bonds is 5. The van der Waals surface area contributed by atoms with E-state index in [1.165, 1.54) is 0 Å². The van der Waals surface area contributed by atoms with E-state index >= 15 is 0 Å². The molecule has 2 aromatic rings. The maximum absolute atomic E-state index is 12.8. The molecule has 2 aliphatic rings. The van der Waals surface area contributed by atoms with Gasteiger partial charge in [0.2, 0.25) is 11.9 Å². The molecule has 24 heavy (non-hydrogen) atoms. The van der Waals surface area contributed by atoms with Crippen molar-refractivity contribution < 1.29 is 9.53 Å². The molecule has 1 aromatic carbocycles. The Morgan fingerprint density at radius 3 is 2.67 bits per heavy atom. The predicted molar refractivity (Wildman–Crippen MR) is 93.0 cm³/mol. The van der Waals surface area contributed by atoms with Gasteiger partial charge in [0.1, 0.15) is 0 Å². The Hall–Kier alpha value is -2.08. The highest BCUT2D eigenvalue weighted by atomic mass is 16.5. The second-order valence-electron chi connectivity index (χ2n) is 6.88. The number of H-pyrrole nitrogens is 1. The molecule has 128 valence electrons. The van der Waals surface area contributed by atoms with E-state index in [1.54, 1.807) is 7.11 Å². The van der Waals surface area contributed by atoms with Crippen LogP contribution in [-0.4, -0.2) is 60.7 Å². The van der Waals surface area contributed by atoms with Gasteiger partial charge in [-0.3, -0.25) is 4.79 Å². The van der Waals surface area contributed by atoms with Crippen LogP contribution in [-0.2, 0) is 9.53 Å². The number of aromatic nitrogens is 2. The summed E-state index contributed by atoms with van der Waals surface area (Å²) in [5, 5.41) is 0. The summed E-state index contributed by atoms with van der Waals surface area (Å²) in [6, 6.07) is 8.06. The first-order chi connectivity index (χ1) is 11.7. The average Bonchev–Trinajstić information content (AvgIpc) is 3.29. The minimum atomic E-state index is -0.127. The Morgan fingerprint density at radius 2 is 2.00 bits per heavy atom. The highest BCUT2D eigenvalue weighted by Gasteiger charge is 2.51. The van der Waals surface area contributed by atoms with Gasteiger partial charge in [-0.2, -0.15) is 0 Å². The molecule has 6 heteroatoms. The summed E-state index contributed by atoms with van der Waals surface area (Å²) < 4.78 is 5.17. The van der Waals surface area contributed by atoms with Crippen LogP contribution >= 0.6 is 0 Å². The number of ether oxygens (including phenoxy) is 1. The average molecular weight is 328 g/mol. The van der Waals surface area contributed by atoms with Crippen molar-refractivity contribution in [1.82, 2.24) is 14.9 Å². The van der Waals surface area contributed by atoms with Crippen molar-refractivity contribution in [3.8, 4) is 0 Å². The van der Waals surface area contributed by atoms with Crippen LogP contribution in [0.15, 0.2) is 24.3 Å². The molecule has 2 heterocycles. The van der Waals surface area contributed by atoms with Crippen molar-refractivity contribution in [1.29, 1.82) is 0 Å². The van der Waals surface area contributed by atoms with Gasteiger partial charge in [-0.05, 0) is 31.4 Å². The van der Waals surface area contributed by atoms with Crippen LogP contribution in [0.4, 0.5) is 5.95 Å². The van der Waals surface area contributed by atoms with E-state index in [4.69, 9.17) is 4.74 Å². The number of hydrogen-bond donors (Lipinski definition) is 1. The second-order valence-corrected chi connectivity index (χ2v) is 6.88. The van der Waals surface area contributed by atoms with Crippen molar-refractivity contribution in [2.24, 2.45) is 5.41 Å². The molecule has 1 saturated heterocycles. The molecule has 0 spiro atoms. The number of imidazole rings is 1. The molecule has 1 aliphatic carbocycles. The minimum absolute atomic E-state index is 0.127. The van der Waals surface area contributed by atoms with Gasteiger partial charge in [-0.1, -0.05) is 12.1 Å². The van der Waals surface area contributed by atoms with Crippen molar-refractivity contribution in [2.45, 2.75) is 19.3 Å². The Bertz CT molecular complexity index is 696. The Morgan fingerprint density at radius 1 is 1.25 bits per heavy atom. The third kappa shape index (κ3) is 2.75. The fourth-order valence-corrected chi connectivity index (χ4v) is 3.56. The lowest BCUT2D eigenvalue weighted by atomic mass is 10.0. The number of nitrogens with zero attached hydrogens (tertiary/aromatic N) is 3. The number of para-hydroxylation sites is 2. The molecule has 0 radical (unpaired) electrons. The van der Waals surface area contributed by atoms with E-state index < -0.39 is 0 Å². The maximum atomic E-state index is 12.8. The molecule has 0 unspecified atom stereocenters. The van der Waals surface area contributed by atoms with E-state index in [0.29, 0.717) is 12.5 Å². The number of carbonyl (C=O) groups is 1. The Balaban J connectivity index is 1.39. The number of amides is 1. The Labute approximate surface area is 141 Å². The van der Waals surface area contributed by atoms with E-state index in [9.17, 15) is 4.79 Å². The second kappa shape index (κ2) is 6.09. The van der Waals surface area contributed by atoms with Gasteiger partial charge in [0.25, 0.3) is 0 Å². The lowest BCUT2D eigenvalue weighted by Gasteiger charge is -2.36. The number of hydrogen-bond acceptors (Lipinski definition) is 4. The molecular weight excluding hydrogens is 304 g/mol. The fraction of sp³-hybridized carbons (Fsp3) is 0.556. The molecule has 6 nitrogen and oxygen atoms in total. The van der Waals surface area contributed by atoms with Crippen LogP contribution < -0.4 is 4.90 Å². The molecule has 1 saturated carbocycles. The normalized spacial score (nSPS) is 19.7.